The smallest absolute Gasteiger partial charge is 0.273 e. The average Bonchev–Trinajstić information content (AvgIpc) is 2.91. The summed E-state index contributed by atoms with van der Waals surface area (Å²) in [4.78, 5) is 13.3. The number of benzene rings is 1. The Hall–Kier alpha value is -1.58. The van der Waals surface area contributed by atoms with Crippen molar-refractivity contribution in [1.29, 1.82) is 0 Å². The van der Waals surface area contributed by atoms with E-state index in [4.69, 9.17) is 0 Å². The van der Waals surface area contributed by atoms with Crippen LogP contribution in [0.15, 0.2) is 12.1 Å². The van der Waals surface area contributed by atoms with E-state index in [9.17, 15) is 10.1 Å². The average molecular weight is 246 g/mol. The Morgan fingerprint density at radius 3 is 2.33 bits per heavy atom. The van der Waals surface area contributed by atoms with Crippen LogP contribution in [0.4, 0.5) is 11.4 Å². The molecule has 0 radical (unpaired) electrons. The number of hydrogen-bond acceptors (Lipinski definition) is 3. The molecule has 1 saturated heterocycles. The molecule has 0 unspecified atom stereocenters. The second kappa shape index (κ2) is 4.59. The standard InChI is InChI=1S/C14H18N2O2/c17-16(18)14-8-7-13(15-9-3-4-10-15)11-5-1-2-6-12(11)14/h7-8H,1-6,9-10H2. The molecule has 0 spiro atoms. The van der Waals surface area contributed by atoms with Crippen LogP contribution < -0.4 is 4.90 Å². The minimum Gasteiger partial charge on any atom is -0.371 e. The predicted molar refractivity (Wildman–Crippen MR) is 71.2 cm³/mol. The summed E-state index contributed by atoms with van der Waals surface area (Å²) in [6.07, 6.45) is 6.60. The molecule has 1 aromatic rings. The summed E-state index contributed by atoms with van der Waals surface area (Å²) in [6.45, 7) is 2.20. The van der Waals surface area contributed by atoms with E-state index in [1.54, 1.807) is 6.07 Å². The third kappa shape index (κ3) is 1.85. The van der Waals surface area contributed by atoms with Gasteiger partial charge in [0.2, 0.25) is 0 Å². The monoisotopic (exact) mass is 246 g/mol. The van der Waals surface area contributed by atoms with Gasteiger partial charge in [0.25, 0.3) is 5.69 Å². The Morgan fingerprint density at radius 2 is 1.67 bits per heavy atom. The molecule has 1 aliphatic carbocycles. The van der Waals surface area contributed by atoms with E-state index >= 15 is 0 Å². The first-order chi connectivity index (χ1) is 8.77. The van der Waals surface area contributed by atoms with Crippen molar-refractivity contribution in [2.24, 2.45) is 0 Å². The SMILES string of the molecule is O=[N+]([O-])c1ccc(N2CCCC2)c2c1CCCC2. The van der Waals surface area contributed by atoms with Gasteiger partial charge in [0.15, 0.2) is 0 Å². The zero-order valence-corrected chi connectivity index (χ0v) is 10.5. The Bertz CT molecular complexity index is 479. The normalized spacial score (nSPS) is 18.8. The fourth-order valence-electron chi connectivity index (χ4n) is 3.26. The maximum Gasteiger partial charge on any atom is 0.273 e. The van der Waals surface area contributed by atoms with Crippen LogP contribution in [0.25, 0.3) is 0 Å². The molecule has 0 amide bonds. The van der Waals surface area contributed by atoms with E-state index in [0.717, 1.165) is 44.3 Å². The predicted octanol–water partition coefficient (Wildman–Crippen LogP) is 3.07. The summed E-state index contributed by atoms with van der Waals surface area (Å²) in [5.74, 6) is 0. The molecule has 0 N–H and O–H groups in total. The molecule has 2 aliphatic rings. The van der Waals surface area contributed by atoms with Crippen molar-refractivity contribution < 1.29 is 4.92 Å². The van der Waals surface area contributed by atoms with E-state index in [1.165, 1.54) is 24.1 Å². The first-order valence-electron chi connectivity index (χ1n) is 6.81. The fourth-order valence-corrected chi connectivity index (χ4v) is 3.26. The number of hydrogen-bond donors (Lipinski definition) is 0. The molecule has 1 aromatic carbocycles. The number of nitro groups is 1. The van der Waals surface area contributed by atoms with Crippen molar-refractivity contribution in [3.63, 3.8) is 0 Å². The Morgan fingerprint density at radius 1 is 1.00 bits per heavy atom. The van der Waals surface area contributed by atoms with Gasteiger partial charge < -0.3 is 4.90 Å². The van der Waals surface area contributed by atoms with Gasteiger partial charge in [-0.3, -0.25) is 10.1 Å². The lowest BCUT2D eigenvalue weighted by atomic mass is 9.89. The van der Waals surface area contributed by atoms with Crippen molar-refractivity contribution in [3.8, 4) is 0 Å². The number of nitro benzene ring substituents is 1. The van der Waals surface area contributed by atoms with Gasteiger partial charge in [-0.1, -0.05) is 0 Å². The van der Waals surface area contributed by atoms with Gasteiger partial charge in [-0.25, -0.2) is 0 Å². The van der Waals surface area contributed by atoms with Gasteiger partial charge in [-0.2, -0.15) is 0 Å². The quantitative estimate of drug-likeness (QED) is 0.595. The van der Waals surface area contributed by atoms with Crippen molar-refractivity contribution in [2.75, 3.05) is 18.0 Å². The molecule has 0 bridgehead atoms. The van der Waals surface area contributed by atoms with Crippen LogP contribution in [0, 0.1) is 10.1 Å². The molecule has 4 nitrogen and oxygen atoms in total. The maximum absolute atomic E-state index is 11.1. The van der Waals surface area contributed by atoms with Crippen LogP contribution >= 0.6 is 0 Å². The molecular weight excluding hydrogens is 228 g/mol. The van der Waals surface area contributed by atoms with Crippen LogP contribution in [0.2, 0.25) is 0 Å². The largest absolute Gasteiger partial charge is 0.371 e. The number of rotatable bonds is 2. The lowest BCUT2D eigenvalue weighted by Crippen LogP contribution is -2.21. The Kier molecular flexibility index (Phi) is 2.94. The van der Waals surface area contributed by atoms with Gasteiger partial charge in [-0.15, -0.1) is 0 Å². The molecular formula is C14H18N2O2. The van der Waals surface area contributed by atoms with Crippen LogP contribution in [0.5, 0.6) is 0 Å². The van der Waals surface area contributed by atoms with E-state index in [0.29, 0.717) is 5.69 Å². The second-order valence-corrected chi connectivity index (χ2v) is 5.22. The highest BCUT2D eigenvalue weighted by Gasteiger charge is 2.25. The molecule has 96 valence electrons. The van der Waals surface area contributed by atoms with Gasteiger partial charge in [0.05, 0.1) is 4.92 Å². The van der Waals surface area contributed by atoms with E-state index < -0.39 is 0 Å². The Labute approximate surface area is 107 Å². The minimum absolute atomic E-state index is 0.224. The van der Waals surface area contributed by atoms with Crippen LogP contribution in [0.3, 0.4) is 0 Å². The second-order valence-electron chi connectivity index (χ2n) is 5.22. The summed E-state index contributed by atoms with van der Waals surface area (Å²) in [7, 11) is 0. The molecule has 1 fully saturated rings. The minimum atomic E-state index is -0.224. The summed E-state index contributed by atoms with van der Waals surface area (Å²) < 4.78 is 0. The molecule has 0 saturated carbocycles. The van der Waals surface area contributed by atoms with Gasteiger partial charge in [-0.05, 0) is 50.2 Å². The molecule has 1 heterocycles. The molecule has 4 heteroatoms. The summed E-state index contributed by atoms with van der Waals surface area (Å²) in [5.41, 5.74) is 3.83. The van der Waals surface area contributed by atoms with E-state index in [-0.39, 0.29) is 4.92 Å². The van der Waals surface area contributed by atoms with Crippen LogP contribution in [0.1, 0.15) is 36.8 Å². The maximum atomic E-state index is 11.1. The third-order valence-corrected chi connectivity index (χ3v) is 4.13. The lowest BCUT2D eigenvalue weighted by molar-refractivity contribution is -0.385. The van der Waals surface area contributed by atoms with Crippen LogP contribution in [-0.4, -0.2) is 18.0 Å². The van der Waals surface area contributed by atoms with Gasteiger partial charge in [0, 0.05) is 30.4 Å². The van der Waals surface area contributed by atoms with Crippen molar-refractivity contribution in [2.45, 2.75) is 38.5 Å². The highest BCUT2D eigenvalue weighted by Crippen LogP contribution is 2.37. The summed E-state index contributed by atoms with van der Waals surface area (Å²) in [5, 5.41) is 11.1. The molecule has 1 aliphatic heterocycles. The summed E-state index contributed by atoms with van der Waals surface area (Å²) >= 11 is 0. The van der Waals surface area contributed by atoms with Gasteiger partial charge in [0.1, 0.15) is 0 Å². The number of fused-ring (bicyclic) bond motifs is 1. The zero-order valence-electron chi connectivity index (χ0n) is 10.5. The highest BCUT2D eigenvalue weighted by molar-refractivity contribution is 5.64. The van der Waals surface area contributed by atoms with Crippen molar-refractivity contribution in [1.82, 2.24) is 0 Å². The van der Waals surface area contributed by atoms with Crippen LogP contribution in [-0.2, 0) is 12.8 Å². The first-order valence-corrected chi connectivity index (χ1v) is 6.81. The summed E-state index contributed by atoms with van der Waals surface area (Å²) in [6, 6.07) is 3.67. The van der Waals surface area contributed by atoms with Crippen molar-refractivity contribution >= 4 is 11.4 Å². The third-order valence-electron chi connectivity index (χ3n) is 4.13. The molecule has 0 atom stereocenters. The highest BCUT2D eigenvalue weighted by atomic mass is 16.6. The molecule has 18 heavy (non-hydrogen) atoms. The van der Waals surface area contributed by atoms with Gasteiger partial charge >= 0.3 is 0 Å². The lowest BCUT2D eigenvalue weighted by Gasteiger charge is -2.25. The van der Waals surface area contributed by atoms with E-state index in [2.05, 4.69) is 4.90 Å². The zero-order chi connectivity index (χ0) is 12.5. The molecule has 0 aromatic heterocycles. The first kappa shape index (κ1) is 11.5. The molecule has 3 rings (SSSR count). The number of anilines is 1. The fraction of sp³-hybridized carbons (Fsp3) is 0.571. The Balaban J connectivity index is 2.08. The van der Waals surface area contributed by atoms with E-state index in [1.807, 2.05) is 6.07 Å². The number of nitrogens with zero attached hydrogens (tertiary/aromatic N) is 2. The van der Waals surface area contributed by atoms with Crippen molar-refractivity contribution in [3.05, 3.63) is 33.4 Å². The topological polar surface area (TPSA) is 46.4 Å².